The van der Waals surface area contributed by atoms with Crippen molar-refractivity contribution >= 4 is 5.69 Å². The third-order valence-electron chi connectivity index (χ3n) is 3.93. The molecule has 3 rings (SSSR count). The van der Waals surface area contributed by atoms with Gasteiger partial charge in [-0.15, -0.1) is 0 Å². The van der Waals surface area contributed by atoms with Crippen molar-refractivity contribution < 1.29 is 4.39 Å². The Bertz CT molecular complexity index is 610. The topological polar surface area (TPSA) is 29.3 Å². The molecule has 2 aromatic carbocycles. The van der Waals surface area contributed by atoms with Crippen LogP contribution in [0.15, 0.2) is 42.5 Å². The highest BCUT2D eigenvalue weighted by Gasteiger charge is 2.20. The molecule has 2 nitrogen and oxygen atoms in total. The van der Waals surface area contributed by atoms with E-state index in [4.69, 9.17) is 5.73 Å². The Morgan fingerprint density at radius 1 is 1.10 bits per heavy atom. The van der Waals surface area contributed by atoms with Crippen LogP contribution in [0.4, 0.5) is 10.1 Å². The average Bonchev–Trinajstić information content (AvgIpc) is 2.84. The average molecular weight is 270 g/mol. The van der Waals surface area contributed by atoms with Gasteiger partial charge in [0.05, 0.1) is 0 Å². The van der Waals surface area contributed by atoms with E-state index in [9.17, 15) is 4.39 Å². The van der Waals surface area contributed by atoms with E-state index in [0.717, 1.165) is 31.6 Å². The van der Waals surface area contributed by atoms with E-state index >= 15 is 0 Å². The van der Waals surface area contributed by atoms with E-state index in [0.29, 0.717) is 6.54 Å². The van der Waals surface area contributed by atoms with Crippen molar-refractivity contribution in [1.29, 1.82) is 0 Å². The van der Waals surface area contributed by atoms with Crippen LogP contribution in [0.5, 0.6) is 0 Å². The third kappa shape index (κ3) is 2.54. The molecule has 0 amide bonds. The Balaban J connectivity index is 1.85. The third-order valence-corrected chi connectivity index (χ3v) is 3.93. The highest BCUT2D eigenvalue weighted by Crippen LogP contribution is 2.30. The Hall–Kier alpha value is -1.87. The lowest BCUT2D eigenvalue weighted by Crippen LogP contribution is -2.21. The minimum atomic E-state index is -0.161. The van der Waals surface area contributed by atoms with Gasteiger partial charge in [0.25, 0.3) is 0 Å². The van der Waals surface area contributed by atoms with Gasteiger partial charge in [-0.05, 0) is 48.2 Å². The number of nitrogens with two attached hydrogens (primary N) is 1. The van der Waals surface area contributed by atoms with Crippen LogP contribution in [-0.2, 0) is 19.4 Å². The lowest BCUT2D eigenvalue weighted by molar-refractivity contribution is 0.627. The first-order chi connectivity index (χ1) is 9.78. The second kappa shape index (κ2) is 5.63. The molecular weight excluding hydrogens is 251 g/mol. The predicted molar refractivity (Wildman–Crippen MR) is 80.4 cm³/mol. The summed E-state index contributed by atoms with van der Waals surface area (Å²) >= 11 is 0. The van der Waals surface area contributed by atoms with E-state index in [-0.39, 0.29) is 5.82 Å². The minimum Gasteiger partial charge on any atom is -0.367 e. The van der Waals surface area contributed by atoms with Gasteiger partial charge in [-0.25, -0.2) is 4.39 Å². The summed E-state index contributed by atoms with van der Waals surface area (Å²) in [5.74, 6) is -0.161. The molecule has 0 atom stereocenters. The van der Waals surface area contributed by atoms with E-state index in [1.807, 2.05) is 12.1 Å². The van der Waals surface area contributed by atoms with E-state index in [1.54, 1.807) is 12.1 Å². The van der Waals surface area contributed by atoms with Crippen LogP contribution >= 0.6 is 0 Å². The molecule has 0 fully saturated rings. The van der Waals surface area contributed by atoms with Gasteiger partial charge in [0.15, 0.2) is 0 Å². The first-order valence-corrected chi connectivity index (χ1v) is 7.08. The van der Waals surface area contributed by atoms with E-state index in [2.05, 4.69) is 23.1 Å². The predicted octanol–water partition coefficient (Wildman–Crippen LogP) is 2.89. The van der Waals surface area contributed by atoms with Crippen molar-refractivity contribution in [2.24, 2.45) is 5.73 Å². The van der Waals surface area contributed by atoms with Gasteiger partial charge in [-0.1, -0.05) is 30.3 Å². The lowest BCUT2D eigenvalue weighted by Gasteiger charge is -2.21. The molecule has 1 aliphatic heterocycles. The van der Waals surface area contributed by atoms with Gasteiger partial charge in [0.2, 0.25) is 0 Å². The molecule has 2 N–H and O–H groups in total. The molecule has 1 aliphatic rings. The maximum atomic E-state index is 13.4. The van der Waals surface area contributed by atoms with Crippen LogP contribution in [-0.4, -0.2) is 13.1 Å². The molecule has 0 radical (unpaired) electrons. The SMILES string of the molecule is NCCc1ccccc1CN1CCc2ccc(F)cc21. The van der Waals surface area contributed by atoms with Crippen molar-refractivity contribution in [3.8, 4) is 0 Å². The molecule has 0 aromatic heterocycles. The lowest BCUT2D eigenvalue weighted by atomic mass is 10.0. The zero-order valence-electron chi connectivity index (χ0n) is 11.5. The fourth-order valence-electron chi connectivity index (χ4n) is 2.90. The molecule has 104 valence electrons. The van der Waals surface area contributed by atoms with Crippen molar-refractivity contribution in [3.63, 3.8) is 0 Å². The summed E-state index contributed by atoms with van der Waals surface area (Å²) < 4.78 is 13.4. The number of benzene rings is 2. The Morgan fingerprint density at radius 3 is 2.70 bits per heavy atom. The minimum absolute atomic E-state index is 0.161. The number of hydrogen-bond acceptors (Lipinski definition) is 2. The maximum Gasteiger partial charge on any atom is 0.125 e. The standard InChI is InChI=1S/C17H19FN2/c18-16-6-5-14-8-10-20(17(14)11-16)12-15-4-2-1-3-13(15)7-9-19/h1-6,11H,7-10,12,19H2. The summed E-state index contributed by atoms with van der Waals surface area (Å²) in [6.07, 6.45) is 1.88. The van der Waals surface area contributed by atoms with Crippen LogP contribution in [0.3, 0.4) is 0 Å². The van der Waals surface area contributed by atoms with Crippen molar-refractivity contribution in [3.05, 3.63) is 65.0 Å². The van der Waals surface area contributed by atoms with Gasteiger partial charge in [0, 0.05) is 18.8 Å². The Morgan fingerprint density at radius 2 is 1.90 bits per heavy atom. The molecule has 0 saturated carbocycles. The molecule has 0 aliphatic carbocycles. The van der Waals surface area contributed by atoms with Crippen LogP contribution in [0.25, 0.3) is 0 Å². The van der Waals surface area contributed by atoms with Crippen molar-refractivity contribution in [2.45, 2.75) is 19.4 Å². The molecule has 2 aromatic rings. The Labute approximate surface area is 119 Å². The highest BCUT2D eigenvalue weighted by atomic mass is 19.1. The highest BCUT2D eigenvalue weighted by molar-refractivity contribution is 5.58. The van der Waals surface area contributed by atoms with Gasteiger partial charge in [0.1, 0.15) is 5.82 Å². The fourth-order valence-corrected chi connectivity index (χ4v) is 2.90. The zero-order chi connectivity index (χ0) is 13.9. The van der Waals surface area contributed by atoms with Crippen molar-refractivity contribution in [2.75, 3.05) is 18.0 Å². The van der Waals surface area contributed by atoms with Gasteiger partial charge in [-0.2, -0.15) is 0 Å². The van der Waals surface area contributed by atoms with Crippen LogP contribution in [0.2, 0.25) is 0 Å². The second-order valence-corrected chi connectivity index (χ2v) is 5.25. The monoisotopic (exact) mass is 270 g/mol. The maximum absolute atomic E-state index is 13.4. The van der Waals surface area contributed by atoms with Crippen molar-refractivity contribution in [1.82, 2.24) is 0 Å². The Kier molecular flexibility index (Phi) is 3.70. The molecule has 0 bridgehead atoms. The van der Waals surface area contributed by atoms with Gasteiger partial charge in [-0.3, -0.25) is 0 Å². The van der Waals surface area contributed by atoms with Crippen LogP contribution in [0, 0.1) is 5.82 Å². The summed E-state index contributed by atoms with van der Waals surface area (Å²) in [5, 5.41) is 0. The molecular formula is C17H19FN2. The number of halogens is 1. The quantitative estimate of drug-likeness (QED) is 0.925. The molecule has 3 heteroatoms. The summed E-state index contributed by atoms with van der Waals surface area (Å²) in [7, 11) is 0. The second-order valence-electron chi connectivity index (χ2n) is 5.25. The first kappa shape index (κ1) is 13.1. The summed E-state index contributed by atoms with van der Waals surface area (Å²) in [4.78, 5) is 2.26. The number of anilines is 1. The van der Waals surface area contributed by atoms with Crippen LogP contribution in [0.1, 0.15) is 16.7 Å². The molecule has 0 spiro atoms. The number of fused-ring (bicyclic) bond motifs is 1. The first-order valence-electron chi connectivity index (χ1n) is 7.08. The molecule has 1 heterocycles. The number of hydrogen-bond donors (Lipinski definition) is 1. The smallest absolute Gasteiger partial charge is 0.125 e. The number of nitrogens with zero attached hydrogens (tertiary/aromatic N) is 1. The van der Waals surface area contributed by atoms with E-state index in [1.165, 1.54) is 16.7 Å². The summed E-state index contributed by atoms with van der Waals surface area (Å²) in [6, 6.07) is 13.5. The summed E-state index contributed by atoms with van der Waals surface area (Å²) in [6.45, 7) is 2.44. The summed E-state index contributed by atoms with van der Waals surface area (Å²) in [5.41, 5.74) is 10.5. The largest absolute Gasteiger partial charge is 0.367 e. The normalized spacial score (nSPS) is 13.6. The molecule has 0 saturated heterocycles. The molecule has 20 heavy (non-hydrogen) atoms. The number of rotatable bonds is 4. The zero-order valence-corrected chi connectivity index (χ0v) is 11.5. The molecule has 0 unspecified atom stereocenters. The fraction of sp³-hybridized carbons (Fsp3) is 0.294. The van der Waals surface area contributed by atoms with E-state index < -0.39 is 0 Å². The van der Waals surface area contributed by atoms with Gasteiger partial charge < -0.3 is 10.6 Å². The van der Waals surface area contributed by atoms with Crippen LogP contribution < -0.4 is 10.6 Å². The van der Waals surface area contributed by atoms with Gasteiger partial charge >= 0.3 is 0 Å².